The number of esters is 1. The highest BCUT2D eigenvalue weighted by atomic mass is 16.6. The maximum absolute atomic E-state index is 12.3. The Balaban J connectivity index is 1.77. The Morgan fingerprint density at radius 1 is 0.920 bits per heavy atom. The fraction of sp³-hybridized carbons (Fsp3) is 0.0500. The number of carbonyl (C=O) groups excluding carboxylic acids is 1. The van der Waals surface area contributed by atoms with Gasteiger partial charge in [-0.05, 0) is 41.8 Å². The van der Waals surface area contributed by atoms with Crippen molar-refractivity contribution in [3.8, 4) is 16.9 Å². The molecule has 3 aromatic rings. The number of nitrogens with zero attached hydrogens (tertiary/aromatic N) is 1. The van der Waals surface area contributed by atoms with Crippen LogP contribution in [0.15, 0.2) is 72.8 Å². The van der Waals surface area contributed by atoms with Gasteiger partial charge in [0.1, 0.15) is 5.75 Å². The highest BCUT2D eigenvalue weighted by Crippen LogP contribution is 2.25. The molecule has 0 amide bonds. The lowest BCUT2D eigenvalue weighted by Gasteiger charge is -2.08. The van der Waals surface area contributed by atoms with Gasteiger partial charge in [-0.2, -0.15) is 0 Å². The molecular formula is C20H15NO4. The standard InChI is InChI=1S/C20H15NO4/c1-14-13-18(21(23)24)11-12-19(14)25-20(22)17-9-7-16(8-10-17)15-5-3-2-4-6-15/h2-13H,1H3. The van der Waals surface area contributed by atoms with Crippen LogP contribution in [0.4, 0.5) is 5.69 Å². The zero-order valence-corrected chi connectivity index (χ0v) is 13.5. The summed E-state index contributed by atoms with van der Waals surface area (Å²) in [6, 6.07) is 21.1. The van der Waals surface area contributed by atoms with Gasteiger partial charge in [-0.3, -0.25) is 10.1 Å². The number of hydrogen-bond donors (Lipinski definition) is 0. The molecule has 5 nitrogen and oxygen atoms in total. The second kappa shape index (κ2) is 6.97. The van der Waals surface area contributed by atoms with Gasteiger partial charge in [-0.25, -0.2) is 4.79 Å². The van der Waals surface area contributed by atoms with E-state index in [1.807, 2.05) is 42.5 Å². The van der Waals surface area contributed by atoms with E-state index in [2.05, 4.69) is 0 Å². The van der Waals surface area contributed by atoms with E-state index in [-0.39, 0.29) is 5.69 Å². The molecule has 0 heterocycles. The molecule has 0 aliphatic heterocycles. The SMILES string of the molecule is Cc1cc([N+](=O)[O-])ccc1OC(=O)c1ccc(-c2ccccc2)cc1. The van der Waals surface area contributed by atoms with Crippen LogP contribution in [0.5, 0.6) is 5.75 Å². The van der Waals surface area contributed by atoms with Crippen molar-refractivity contribution in [1.82, 2.24) is 0 Å². The highest BCUT2D eigenvalue weighted by molar-refractivity contribution is 5.91. The van der Waals surface area contributed by atoms with Crippen LogP contribution < -0.4 is 4.74 Å². The second-order valence-corrected chi connectivity index (χ2v) is 5.54. The fourth-order valence-corrected chi connectivity index (χ4v) is 2.45. The molecule has 3 rings (SSSR count). The zero-order chi connectivity index (χ0) is 17.8. The Kier molecular flexibility index (Phi) is 4.57. The Bertz CT molecular complexity index is 918. The maximum atomic E-state index is 12.3. The van der Waals surface area contributed by atoms with Gasteiger partial charge in [-0.1, -0.05) is 42.5 Å². The minimum atomic E-state index is -0.503. The number of rotatable bonds is 4. The molecule has 124 valence electrons. The summed E-state index contributed by atoms with van der Waals surface area (Å²) in [6.07, 6.45) is 0. The molecule has 0 bridgehead atoms. The highest BCUT2D eigenvalue weighted by Gasteiger charge is 2.13. The molecule has 0 aliphatic rings. The number of nitro groups is 1. The molecule has 0 saturated heterocycles. The van der Waals surface area contributed by atoms with Gasteiger partial charge in [0.05, 0.1) is 10.5 Å². The molecule has 0 aliphatic carbocycles. The molecule has 0 fully saturated rings. The van der Waals surface area contributed by atoms with Crippen LogP contribution in [0.2, 0.25) is 0 Å². The third-order valence-corrected chi connectivity index (χ3v) is 3.80. The van der Waals surface area contributed by atoms with E-state index in [1.165, 1.54) is 18.2 Å². The number of aryl methyl sites for hydroxylation is 1. The Labute approximate surface area is 144 Å². The average molecular weight is 333 g/mol. The van der Waals surface area contributed by atoms with Gasteiger partial charge in [0, 0.05) is 12.1 Å². The van der Waals surface area contributed by atoms with Crippen molar-refractivity contribution in [3.05, 3.63) is 94.0 Å². The van der Waals surface area contributed by atoms with Gasteiger partial charge in [0.25, 0.3) is 5.69 Å². The van der Waals surface area contributed by atoms with E-state index >= 15 is 0 Å². The normalized spacial score (nSPS) is 10.3. The van der Waals surface area contributed by atoms with E-state index in [4.69, 9.17) is 4.74 Å². The van der Waals surface area contributed by atoms with Gasteiger partial charge in [0.15, 0.2) is 0 Å². The number of non-ortho nitro benzene ring substituents is 1. The number of benzene rings is 3. The number of nitro benzene ring substituents is 1. The lowest BCUT2D eigenvalue weighted by molar-refractivity contribution is -0.384. The quantitative estimate of drug-likeness (QED) is 0.298. The van der Waals surface area contributed by atoms with Crippen LogP contribution in [-0.2, 0) is 0 Å². The van der Waals surface area contributed by atoms with Crippen LogP contribution in [0.1, 0.15) is 15.9 Å². The predicted octanol–water partition coefficient (Wildman–Crippen LogP) is 4.79. The molecule has 3 aromatic carbocycles. The molecule has 0 aromatic heterocycles. The average Bonchev–Trinajstić information content (AvgIpc) is 2.64. The van der Waals surface area contributed by atoms with Crippen LogP contribution in [0.25, 0.3) is 11.1 Å². The third-order valence-electron chi connectivity index (χ3n) is 3.80. The zero-order valence-electron chi connectivity index (χ0n) is 13.5. The van der Waals surface area contributed by atoms with Gasteiger partial charge < -0.3 is 4.74 Å². The van der Waals surface area contributed by atoms with E-state index in [0.717, 1.165) is 11.1 Å². The molecule has 0 saturated carbocycles. The second-order valence-electron chi connectivity index (χ2n) is 5.54. The number of ether oxygens (including phenoxy) is 1. The van der Waals surface area contributed by atoms with Crippen molar-refractivity contribution in [2.24, 2.45) is 0 Å². The summed E-state index contributed by atoms with van der Waals surface area (Å²) < 4.78 is 5.35. The van der Waals surface area contributed by atoms with E-state index in [9.17, 15) is 14.9 Å². The number of hydrogen-bond acceptors (Lipinski definition) is 4. The first-order valence-corrected chi connectivity index (χ1v) is 7.67. The molecule has 0 radical (unpaired) electrons. The Morgan fingerprint density at radius 2 is 1.56 bits per heavy atom. The third kappa shape index (κ3) is 3.72. The predicted molar refractivity (Wildman–Crippen MR) is 94.7 cm³/mol. The summed E-state index contributed by atoms with van der Waals surface area (Å²) in [5, 5.41) is 10.8. The summed E-state index contributed by atoms with van der Waals surface area (Å²) in [5.74, 6) is -0.195. The molecule has 0 N–H and O–H groups in total. The molecular weight excluding hydrogens is 318 g/mol. The smallest absolute Gasteiger partial charge is 0.343 e. The van der Waals surface area contributed by atoms with E-state index in [1.54, 1.807) is 19.1 Å². The van der Waals surface area contributed by atoms with Crippen molar-refractivity contribution in [2.75, 3.05) is 0 Å². The fourth-order valence-electron chi connectivity index (χ4n) is 2.45. The lowest BCUT2D eigenvalue weighted by Crippen LogP contribution is -2.09. The Morgan fingerprint density at radius 3 is 2.16 bits per heavy atom. The van der Waals surface area contributed by atoms with Gasteiger partial charge in [0.2, 0.25) is 0 Å². The monoisotopic (exact) mass is 333 g/mol. The molecule has 0 atom stereocenters. The van der Waals surface area contributed by atoms with Crippen molar-refractivity contribution in [3.63, 3.8) is 0 Å². The summed E-state index contributed by atoms with van der Waals surface area (Å²) >= 11 is 0. The van der Waals surface area contributed by atoms with E-state index < -0.39 is 10.9 Å². The lowest BCUT2D eigenvalue weighted by atomic mass is 10.0. The molecule has 5 heteroatoms. The topological polar surface area (TPSA) is 69.4 Å². The van der Waals surface area contributed by atoms with Crippen LogP contribution >= 0.6 is 0 Å². The van der Waals surface area contributed by atoms with Crippen molar-refractivity contribution in [1.29, 1.82) is 0 Å². The largest absolute Gasteiger partial charge is 0.423 e. The van der Waals surface area contributed by atoms with Crippen LogP contribution in [0.3, 0.4) is 0 Å². The maximum Gasteiger partial charge on any atom is 0.343 e. The van der Waals surface area contributed by atoms with Crippen molar-refractivity contribution < 1.29 is 14.5 Å². The molecule has 25 heavy (non-hydrogen) atoms. The first-order chi connectivity index (χ1) is 12.0. The van der Waals surface area contributed by atoms with Gasteiger partial charge >= 0.3 is 5.97 Å². The van der Waals surface area contributed by atoms with Crippen molar-refractivity contribution >= 4 is 11.7 Å². The minimum Gasteiger partial charge on any atom is -0.423 e. The van der Waals surface area contributed by atoms with Crippen LogP contribution in [-0.4, -0.2) is 10.9 Å². The summed E-state index contributed by atoms with van der Waals surface area (Å²) in [6.45, 7) is 1.66. The first-order valence-electron chi connectivity index (χ1n) is 7.67. The van der Waals surface area contributed by atoms with E-state index in [0.29, 0.717) is 16.9 Å². The molecule has 0 spiro atoms. The van der Waals surface area contributed by atoms with Crippen LogP contribution in [0, 0.1) is 17.0 Å². The Hall–Kier alpha value is -3.47. The molecule has 0 unspecified atom stereocenters. The van der Waals surface area contributed by atoms with Crippen molar-refractivity contribution in [2.45, 2.75) is 6.92 Å². The van der Waals surface area contributed by atoms with Gasteiger partial charge in [-0.15, -0.1) is 0 Å². The summed E-state index contributed by atoms with van der Waals surface area (Å²) in [7, 11) is 0. The minimum absolute atomic E-state index is 0.0375. The first kappa shape index (κ1) is 16.4. The summed E-state index contributed by atoms with van der Waals surface area (Å²) in [5.41, 5.74) is 2.97. The number of carbonyl (C=O) groups is 1. The summed E-state index contributed by atoms with van der Waals surface area (Å²) in [4.78, 5) is 22.5.